The molecule has 0 aliphatic carbocycles. The lowest BCUT2D eigenvalue weighted by Gasteiger charge is -2.11. The van der Waals surface area contributed by atoms with Crippen molar-refractivity contribution >= 4 is 24.6 Å². The van der Waals surface area contributed by atoms with Gasteiger partial charge in [-0.15, -0.1) is 0 Å². The third-order valence-corrected chi connectivity index (χ3v) is 2.37. The SMILES string of the molecule is CCCN[C@@H](CCO)C(=O)O.N[C@@H](CCS)C(=O)O. The maximum Gasteiger partial charge on any atom is 0.320 e. The topological polar surface area (TPSA) is 133 Å². The first kappa shape index (κ1) is 20.5. The molecule has 2 atom stereocenters. The number of thiol groups is 1. The Morgan fingerprint density at radius 3 is 2.11 bits per heavy atom. The smallest absolute Gasteiger partial charge is 0.320 e. The molecule has 19 heavy (non-hydrogen) atoms. The van der Waals surface area contributed by atoms with Crippen molar-refractivity contribution in [3.63, 3.8) is 0 Å². The van der Waals surface area contributed by atoms with E-state index in [0.29, 0.717) is 18.7 Å². The van der Waals surface area contributed by atoms with E-state index in [0.717, 1.165) is 6.42 Å². The van der Waals surface area contributed by atoms with Crippen LogP contribution in [0.4, 0.5) is 0 Å². The predicted octanol–water partition coefficient (Wildman–Crippen LogP) is -0.460. The molecule has 0 spiro atoms. The molecule has 6 N–H and O–H groups in total. The summed E-state index contributed by atoms with van der Waals surface area (Å²) in [6.45, 7) is 2.55. The van der Waals surface area contributed by atoms with Crippen LogP contribution >= 0.6 is 12.6 Å². The molecule has 0 saturated heterocycles. The fraction of sp³-hybridized carbons (Fsp3) is 0.818. The lowest BCUT2D eigenvalue weighted by atomic mass is 10.2. The van der Waals surface area contributed by atoms with Crippen LogP contribution in [0.2, 0.25) is 0 Å². The second-order valence-electron chi connectivity index (χ2n) is 3.81. The number of hydrogen-bond donors (Lipinski definition) is 6. The molecule has 0 aromatic heterocycles. The van der Waals surface area contributed by atoms with Crippen LogP contribution in [0.25, 0.3) is 0 Å². The van der Waals surface area contributed by atoms with E-state index in [1.54, 1.807) is 0 Å². The maximum atomic E-state index is 10.4. The van der Waals surface area contributed by atoms with Crippen LogP contribution in [0.3, 0.4) is 0 Å². The Kier molecular flexibility index (Phi) is 14.7. The number of hydrogen-bond acceptors (Lipinski definition) is 6. The molecule has 0 unspecified atom stereocenters. The van der Waals surface area contributed by atoms with E-state index in [2.05, 4.69) is 17.9 Å². The van der Waals surface area contributed by atoms with Crippen LogP contribution in [0.15, 0.2) is 0 Å². The lowest BCUT2D eigenvalue weighted by molar-refractivity contribution is -0.140. The quantitative estimate of drug-likeness (QED) is 0.317. The molecule has 7 nitrogen and oxygen atoms in total. The second kappa shape index (κ2) is 13.6. The molecule has 0 aliphatic rings. The summed E-state index contributed by atoms with van der Waals surface area (Å²) in [6, 6.07) is -1.34. The molecule has 114 valence electrons. The van der Waals surface area contributed by atoms with Crippen LogP contribution in [0, 0.1) is 0 Å². The normalized spacial score (nSPS) is 13.1. The van der Waals surface area contributed by atoms with Gasteiger partial charge in [-0.2, -0.15) is 12.6 Å². The van der Waals surface area contributed by atoms with Gasteiger partial charge in [-0.25, -0.2) is 0 Å². The lowest BCUT2D eigenvalue weighted by Crippen LogP contribution is -2.37. The Hall–Kier alpha value is -0.830. The van der Waals surface area contributed by atoms with Crippen LogP contribution in [-0.4, -0.2) is 58.2 Å². The highest BCUT2D eigenvalue weighted by molar-refractivity contribution is 7.80. The van der Waals surface area contributed by atoms with Gasteiger partial charge in [0, 0.05) is 6.61 Å². The molecular formula is C11H24N2O5S. The molecule has 0 heterocycles. The molecule has 0 radical (unpaired) electrons. The van der Waals surface area contributed by atoms with Crippen molar-refractivity contribution < 1.29 is 24.9 Å². The average Bonchev–Trinajstić information content (AvgIpc) is 2.35. The summed E-state index contributed by atoms with van der Waals surface area (Å²) in [4.78, 5) is 20.4. The second-order valence-corrected chi connectivity index (χ2v) is 4.26. The molecule has 0 aliphatic heterocycles. The van der Waals surface area contributed by atoms with E-state index in [4.69, 9.17) is 21.1 Å². The van der Waals surface area contributed by atoms with Gasteiger partial charge < -0.3 is 26.4 Å². The minimum Gasteiger partial charge on any atom is -0.480 e. The van der Waals surface area contributed by atoms with Crippen molar-refractivity contribution in [2.75, 3.05) is 18.9 Å². The number of carboxylic acid groups (broad SMARTS) is 2. The molecule has 0 saturated carbocycles. The fourth-order valence-electron chi connectivity index (χ4n) is 1.02. The van der Waals surface area contributed by atoms with E-state index >= 15 is 0 Å². The fourth-order valence-corrected chi connectivity index (χ4v) is 1.30. The Balaban J connectivity index is 0. The molecule has 0 aromatic carbocycles. The van der Waals surface area contributed by atoms with E-state index < -0.39 is 24.0 Å². The van der Waals surface area contributed by atoms with E-state index in [9.17, 15) is 9.59 Å². The molecule has 8 heteroatoms. The Morgan fingerprint density at radius 2 is 1.84 bits per heavy atom. The third kappa shape index (κ3) is 13.4. The van der Waals surface area contributed by atoms with Crippen molar-refractivity contribution in [3.8, 4) is 0 Å². The van der Waals surface area contributed by atoms with Gasteiger partial charge in [-0.05, 0) is 31.6 Å². The Morgan fingerprint density at radius 1 is 1.26 bits per heavy atom. The molecule has 0 bridgehead atoms. The highest BCUT2D eigenvalue weighted by Gasteiger charge is 2.14. The number of carboxylic acids is 2. The van der Waals surface area contributed by atoms with E-state index in [1.165, 1.54) is 0 Å². The van der Waals surface area contributed by atoms with Gasteiger partial charge in [-0.3, -0.25) is 9.59 Å². The Bertz CT molecular complexity index is 253. The summed E-state index contributed by atoms with van der Waals surface area (Å²) in [5.74, 6) is -1.33. The zero-order valence-electron chi connectivity index (χ0n) is 11.1. The van der Waals surface area contributed by atoms with Gasteiger partial charge in [0.2, 0.25) is 0 Å². The van der Waals surface area contributed by atoms with E-state index in [-0.39, 0.29) is 13.0 Å². The van der Waals surface area contributed by atoms with Crippen molar-refractivity contribution in [1.29, 1.82) is 0 Å². The van der Waals surface area contributed by atoms with Gasteiger partial charge in [-0.1, -0.05) is 6.92 Å². The molecule has 0 amide bonds. The van der Waals surface area contributed by atoms with Crippen LogP contribution in [0.5, 0.6) is 0 Å². The van der Waals surface area contributed by atoms with Crippen LogP contribution in [-0.2, 0) is 9.59 Å². The number of rotatable bonds is 9. The molecular weight excluding hydrogens is 272 g/mol. The number of nitrogens with one attached hydrogen (secondary N) is 1. The average molecular weight is 296 g/mol. The highest BCUT2D eigenvalue weighted by atomic mass is 32.1. The summed E-state index contributed by atoms with van der Waals surface area (Å²) in [5, 5.41) is 28.0. The number of aliphatic hydroxyl groups excluding tert-OH is 1. The van der Waals surface area contributed by atoms with Crippen molar-refractivity contribution in [1.82, 2.24) is 5.32 Å². The van der Waals surface area contributed by atoms with Gasteiger partial charge >= 0.3 is 11.9 Å². The van der Waals surface area contributed by atoms with Gasteiger partial charge in [0.05, 0.1) is 0 Å². The standard InChI is InChI=1S/C7H15NO3.C4H9NO2S/c1-2-4-8-6(3-5-9)7(10)11;5-3(1-2-8)4(6)7/h6,8-9H,2-5H2,1H3,(H,10,11);3,8H,1-2,5H2,(H,6,7)/t6-;3-/m00/s1. The first-order chi connectivity index (χ1) is 8.90. The van der Waals surface area contributed by atoms with E-state index in [1.807, 2.05) is 6.92 Å². The third-order valence-electron chi connectivity index (χ3n) is 2.11. The zero-order chi connectivity index (χ0) is 15.3. The number of aliphatic hydroxyl groups is 1. The first-order valence-electron chi connectivity index (χ1n) is 6.06. The van der Waals surface area contributed by atoms with Gasteiger partial charge in [0.15, 0.2) is 0 Å². The summed E-state index contributed by atoms with van der Waals surface area (Å²) in [5.41, 5.74) is 5.08. The predicted molar refractivity (Wildman–Crippen MR) is 75.5 cm³/mol. The minimum absolute atomic E-state index is 0.0896. The molecule has 0 rings (SSSR count). The van der Waals surface area contributed by atoms with Gasteiger partial charge in [0.25, 0.3) is 0 Å². The summed E-state index contributed by atoms with van der Waals surface area (Å²) < 4.78 is 0. The summed E-state index contributed by atoms with van der Waals surface area (Å²) in [7, 11) is 0. The van der Waals surface area contributed by atoms with Crippen molar-refractivity contribution in [2.24, 2.45) is 5.73 Å². The number of nitrogens with two attached hydrogens (primary N) is 1. The van der Waals surface area contributed by atoms with Crippen molar-refractivity contribution in [3.05, 3.63) is 0 Å². The van der Waals surface area contributed by atoms with Gasteiger partial charge in [0.1, 0.15) is 12.1 Å². The molecule has 0 aromatic rings. The number of aliphatic carboxylic acids is 2. The van der Waals surface area contributed by atoms with Crippen LogP contribution in [0.1, 0.15) is 26.2 Å². The number of carbonyl (C=O) groups is 2. The monoisotopic (exact) mass is 296 g/mol. The minimum atomic E-state index is -0.959. The van der Waals surface area contributed by atoms with Crippen LogP contribution < -0.4 is 11.1 Å². The maximum absolute atomic E-state index is 10.4. The van der Waals surface area contributed by atoms with Crippen molar-refractivity contribution in [2.45, 2.75) is 38.3 Å². The summed E-state index contributed by atoms with van der Waals surface area (Å²) >= 11 is 3.81. The largest absolute Gasteiger partial charge is 0.480 e. The molecule has 0 fully saturated rings. The Labute approximate surface area is 118 Å². The summed E-state index contributed by atoms with van der Waals surface area (Å²) in [6.07, 6.45) is 1.60. The zero-order valence-corrected chi connectivity index (χ0v) is 12.0. The first-order valence-corrected chi connectivity index (χ1v) is 6.70. The highest BCUT2D eigenvalue weighted by Crippen LogP contribution is 1.91.